The zero-order valence-corrected chi connectivity index (χ0v) is 17.3. The molecular weight excluding hydrogens is 368 g/mol. The van der Waals surface area contributed by atoms with E-state index < -0.39 is 11.6 Å². The van der Waals surface area contributed by atoms with E-state index in [1.807, 2.05) is 12.1 Å². The molecule has 0 saturated carbocycles. The number of unbranched alkanes of at least 4 members (excludes halogenated alkanes) is 1. The Morgan fingerprint density at radius 2 is 1.76 bits per heavy atom. The monoisotopic (exact) mass is 399 g/mol. The SMILES string of the molecule is CC1(C)[C@H]2Cc3c(N)cccc3[C@@]1(N)CCN2CCCCc1c(F)cccc1F. The molecule has 2 aromatic carbocycles. The van der Waals surface area contributed by atoms with E-state index in [1.54, 1.807) is 0 Å². The van der Waals surface area contributed by atoms with Gasteiger partial charge in [0.2, 0.25) is 0 Å². The number of benzene rings is 2. The maximum atomic E-state index is 13.8. The topological polar surface area (TPSA) is 55.3 Å². The maximum Gasteiger partial charge on any atom is 0.129 e. The van der Waals surface area contributed by atoms with Gasteiger partial charge in [0.15, 0.2) is 0 Å². The quantitative estimate of drug-likeness (QED) is 0.579. The first kappa shape index (κ1) is 20.3. The molecule has 0 aromatic heterocycles. The van der Waals surface area contributed by atoms with Crippen LogP contribution in [-0.4, -0.2) is 24.0 Å². The first-order chi connectivity index (χ1) is 13.8. The molecule has 0 spiro atoms. The standard InChI is InChI=1S/C24H31F2N3/c1-23(2)22-15-17-18(8-5-11-21(17)27)24(23,28)12-14-29(22)13-4-3-7-16-19(25)9-6-10-20(16)26/h5-6,8-11,22H,3-4,7,12-15,27-28H2,1-2H3/t22-,24+/m1/s1. The van der Waals surface area contributed by atoms with E-state index in [-0.39, 0.29) is 16.5 Å². The van der Waals surface area contributed by atoms with Crippen LogP contribution in [0.5, 0.6) is 0 Å². The van der Waals surface area contributed by atoms with Crippen molar-refractivity contribution in [2.24, 2.45) is 11.1 Å². The van der Waals surface area contributed by atoms with E-state index in [0.717, 1.165) is 44.5 Å². The summed E-state index contributed by atoms with van der Waals surface area (Å²) >= 11 is 0. The summed E-state index contributed by atoms with van der Waals surface area (Å²) < 4.78 is 27.7. The number of rotatable bonds is 5. The van der Waals surface area contributed by atoms with Crippen molar-refractivity contribution < 1.29 is 8.78 Å². The average Bonchev–Trinajstić information content (AvgIpc) is 2.66. The smallest absolute Gasteiger partial charge is 0.129 e. The van der Waals surface area contributed by atoms with Gasteiger partial charge in [-0.15, -0.1) is 0 Å². The number of nitrogen functional groups attached to an aromatic ring is 1. The third kappa shape index (κ3) is 3.24. The minimum atomic E-state index is -0.448. The largest absolute Gasteiger partial charge is 0.398 e. The summed E-state index contributed by atoms with van der Waals surface area (Å²) in [6.45, 7) is 6.38. The molecule has 1 aliphatic heterocycles. The fourth-order valence-electron chi connectivity index (χ4n) is 5.52. The Balaban J connectivity index is 1.47. The van der Waals surface area contributed by atoms with Crippen LogP contribution in [0.25, 0.3) is 0 Å². The van der Waals surface area contributed by atoms with Gasteiger partial charge in [-0.25, -0.2) is 8.78 Å². The summed E-state index contributed by atoms with van der Waals surface area (Å²) in [6, 6.07) is 10.5. The van der Waals surface area contributed by atoms with Crippen LogP contribution in [0, 0.1) is 17.0 Å². The Hall–Kier alpha value is -1.98. The molecule has 156 valence electrons. The molecule has 2 aliphatic rings. The third-order valence-electron chi connectivity index (χ3n) is 7.49. The zero-order chi connectivity index (χ0) is 20.8. The van der Waals surface area contributed by atoms with Crippen LogP contribution < -0.4 is 11.5 Å². The molecule has 4 rings (SSSR count). The van der Waals surface area contributed by atoms with Gasteiger partial charge >= 0.3 is 0 Å². The van der Waals surface area contributed by atoms with Crippen LogP contribution in [0.1, 0.15) is 49.8 Å². The molecule has 2 atom stereocenters. The highest BCUT2D eigenvalue weighted by Gasteiger charge is 2.56. The van der Waals surface area contributed by atoms with Gasteiger partial charge in [0.25, 0.3) is 0 Å². The van der Waals surface area contributed by atoms with Gasteiger partial charge in [-0.3, -0.25) is 4.90 Å². The highest BCUT2D eigenvalue weighted by atomic mass is 19.1. The molecule has 29 heavy (non-hydrogen) atoms. The van der Waals surface area contributed by atoms with Crippen molar-refractivity contribution in [1.29, 1.82) is 0 Å². The number of nitrogens with zero attached hydrogens (tertiary/aromatic N) is 1. The van der Waals surface area contributed by atoms with Gasteiger partial charge in [-0.05, 0) is 68.0 Å². The number of hydrogen-bond acceptors (Lipinski definition) is 3. The van der Waals surface area contributed by atoms with Crippen LogP contribution in [0.2, 0.25) is 0 Å². The first-order valence-corrected chi connectivity index (χ1v) is 10.6. The molecule has 2 bridgehead atoms. The maximum absolute atomic E-state index is 13.8. The lowest BCUT2D eigenvalue weighted by Crippen LogP contribution is -2.68. The van der Waals surface area contributed by atoms with Gasteiger partial charge in [-0.1, -0.05) is 32.0 Å². The van der Waals surface area contributed by atoms with Crippen LogP contribution in [0.3, 0.4) is 0 Å². The van der Waals surface area contributed by atoms with Crippen LogP contribution >= 0.6 is 0 Å². The van der Waals surface area contributed by atoms with Crippen molar-refractivity contribution >= 4 is 5.69 Å². The molecule has 1 heterocycles. The molecule has 1 fully saturated rings. The molecule has 3 nitrogen and oxygen atoms in total. The van der Waals surface area contributed by atoms with E-state index in [4.69, 9.17) is 11.5 Å². The molecular formula is C24H31F2N3. The Labute approximate surface area is 172 Å². The third-order valence-corrected chi connectivity index (χ3v) is 7.49. The lowest BCUT2D eigenvalue weighted by atomic mass is 9.55. The van der Waals surface area contributed by atoms with Crippen molar-refractivity contribution in [3.05, 3.63) is 64.7 Å². The van der Waals surface area contributed by atoms with E-state index in [9.17, 15) is 8.78 Å². The summed E-state index contributed by atoms with van der Waals surface area (Å²) in [5, 5.41) is 0. The Bertz CT molecular complexity index is 891. The molecule has 4 N–H and O–H groups in total. The lowest BCUT2D eigenvalue weighted by Gasteiger charge is -2.60. The number of piperidine rings is 1. The van der Waals surface area contributed by atoms with Crippen LogP contribution in [0.15, 0.2) is 36.4 Å². The van der Waals surface area contributed by atoms with Crippen LogP contribution in [-0.2, 0) is 18.4 Å². The van der Waals surface area contributed by atoms with Gasteiger partial charge in [0, 0.05) is 34.8 Å². The predicted molar refractivity (Wildman–Crippen MR) is 113 cm³/mol. The summed E-state index contributed by atoms with van der Waals surface area (Å²) in [5.41, 5.74) is 16.3. The molecule has 2 aromatic rings. The number of anilines is 1. The number of halogens is 2. The number of nitrogens with two attached hydrogens (primary N) is 2. The summed E-state index contributed by atoms with van der Waals surface area (Å²) in [6.07, 6.45) is 3.87. The predicted octanol–water partition coefficient (Wildman–Crippen LogP) is 4.38. The minimum absolute atomic E-state index is 0.0797. The fraction of sp³-hybridized carbons (Fsp3) is 0.500. The number of hydrogen-bond donors (Lipinski definition) is 2. The van der Waals surface area contributed by atoms with Crippen molar-refractivity contribution in [2.75, 3.05) is 18.8 Å². The van der Waals surface area contributed by atoms with E-state index in [1.165, 1.54) is 29.3 Å². The molecule has 5 heteroatoms. The normalized spacial score (nSPS) is 25.6. The zero-order valence-electron chi connectivity index (χ0n) is 17.3. The summed E-state index contributed by atoms with van der Waals surface area (Å²) in [7, 11) is 0. The van der Waals surface area contributed by atoms with Crippen molar-refractivity contribution in [1.82, 2.24) is 4.90 Å². The Morgan fingerprint density at radius 1 is 1.07 bits per heavy atom. The second-order valence-corrected chi connectivity index (χ2v) is 9.23. The molecule has 0 radical (unpaired) electrons. The Morgan fingerprint density at radius 3 is 2.48 bits per heavy atom. The van der Waals surface area contributed by atoms with Gasteiger partial charge in [0.1, 0.15) is 11.6 Å². The number of fused-ring (bicyclic) bond motifs is 4. The highest BCUT2D eigenvalue weighted by molar-refractivity contribution is 5.56. The van der Waals surface area contributed by atoms with Gasteiger partial charge in [0.05, 0.1) is 0 Å². The fourth-order valence-corrected chi connectivity index (χ4v) is 5.52. The molecule has 0 unspecified atom stereocenters. The average molecular weight is 400 g/mol. The minimum Gasteiger partial charge on any atom is -0.398 e. The molecule has 1 saturated heterocycles. The van der Waals surface area contributed by atoms with E-state index in [0.29, 0.717) is 12.5 Å². The van der Waals surface area contributed by atoms with Crippen molar-refractivity contribution in [2.45, 2.75) is 57.5 Å². The summed E-state index contributed by atoms with van der Waals surface area (Å²) in [4.78, 5) is 2.51. The van der Waals surface area contributed by atoms with Crippen LogP contribution in [0.4, 0.5) is 14.5 Å². The first-order valence-electron chi connectivity index (χ1n) is 10.6. The van der Waals surface area contributed by atoms with E-state index in [2.05, 4.69) is 24.8 Å². The van der Waals surface area contributed by atoms with E-state index >= 15 is 0 Å². The highest BCUT2D eigenvalue weighted by Crippen LogP contribution is 2.54. The lowest BCUT2D eigenvalue weighted by molar-refractivity contribution is -0.0439. The second-order valence-electron chi connectivity index (χ2n) is 9.23. The Kier molecular flexibility index (Phi) is 5.16. The summed E-state index contributed by atoms with van der Waals surface area (Å²) in [5.74, 6) is -0.896. The second kappa shape index (κ2) is 7.37. The van der Waals surface area contributed by atoms with Crippen molar-refractivity contribution in [3.63, 3.8) is 0 Å². The van der Waals surface area contributed by atoms with Gasteiger partial charge in [-0.2, -0.15) is 0 Å². The van der Waals surface area contributed by atoms with Crippen molar-refractivity contribution in [3.8, 4) is 0 Å². The molecule has 0 amide bonds. The number of likely N-dealkylation sites (tertiary alicyclic amines) is 1. The van der Waals surface area contributed by atoms with Gasteiger partial charge < -0.3 is 11.5 Å². The molecule has 1 aliphatic carbocycles.